The van der Waals surface area contributed by atoms with Crippen molar-refractivity contribution in [3.63, 3.8) is 0 Å². The molecular formula is C34H25N. The first-order valence-electron chi connectivity index (χ1n) is 11.9. The van der Waals surface area contributed by atoms with E-state index >= 15 is 0 Å². The Morgan fingerprint density at radius 1 is 0.343 bits per heavy atom. The van der Waals surface area contributed by atoms with Gasteiger partial charge < -0.3 is 5.32 Å². The molecule has 0 heterocycles. The van der Waals surface area contributed by atoms with E-state index in [2.05, 4.69) is 145 Å². The predicted molar refractivity (Wildman–Crippen MR) is 150 cm³/mol. The molecule has 0 atom stereocenters. The molecule has 0 aliphatic carbocycles. The zero-order valence-corrected chi connectivity index (χ0v) is 19.4. The topological polar surface area (TPSA) is 12.0 Å². The molecule has 0 spiro atoms. The van der Waals surface area contributed by atoms with E-state index < -0.39 is 0 Å². The summed E-state index contributed by atoms with van der Waals surface area (Å²) in [6.07, 6.45) is 0. The van der Waals surface area contributed by atoms with Crippen LogP contribution in [0.25, 0.3) is 44.2 Å². The van der Waals surface area contributed by atoms with Crippen LogP contribution in [0.15, 0.2) is 146 Å². The second-order valence-electron chi connectivity index (χ2n) is 8.75. The number of fused-ring (bicyclic) bond motifs is 1. The molecule has 0 amide bonds. The summed E-state index contributed by atoms with van der Waals surface area (Å²) in [5.41, 5.74) is 9.47. The monoisotopic (exact) mass is 447 g/mol. The molecule has 35 heavy (non-hydrogen) atoms. The molecular weight excluding hydrogens is 422 g/mol. The maximum absolute atomic E-state index is 3.59. The molecule has 0 aliphatic rings. The number of rotatable bonds is 5. The van der Waals surface area contributed by atoms with E-state index in [0.29, 0.717) is 0 Å². The first kappa shape index (κ1) is 20.9. The second-order valence-corrected chi connectivity index (χ2v) is 8.75. The lowest BCUT2D eigenvalue weighted by Gasteiger charge is -2.13. The number of benzene rings is 6. The van der Waals surface area contributed by atoms with Crippen LogP contribution in [0, 0.1) is 0 Å². The zero-order chi connectivity index (χ0) is 23.5. The van der Waals surface area contributed by atoms with Crippen LogP contribution in [0.2, 0.25) is 0 Å². The Bertz CT molecular complexity index is 1580. The van der Waals surface area contributed by atoms with Crippen molar-refractivity contribution in [1.29, 1.82) is 0 Å². The SMILES string of the molecule is c1ccc(-c2ccccc2Nc2ccc(-c3ccc(-c4ccc5ccccc5c4)cc3)cc2)cc1. The number of para-hydroxylation sites is 1. The van der Waals surface area contributed by atoms with Gasteiger partial charge in [0, 0.05) is 16.9 Å². The highest BCUT2D eigenvalue weighted by atomic mass is 14.9. The summed E-state index contributed by atoms with van der Waals surface area (Å²) in [5, 5.41) is 6.14. The van der Waals surface area contributed by atoms with Crippen molar-refractivity contribution in [3.05, 3.63) is 146 Å². The van der Waals surface area contributed by atoms with Crippen molar-refractivity contribution in [2.24, 2.45) is 0 Å². The Balaban J connectivity index is 1.22. The molecule has 1 heteroatoms. The lowest BCUT2D eigenvalue weighted by atomic mass is 9.98. The summed E-state index contributed by atoms with van der Waals surface area (Å²) < 4.78 is 0. The van der Waals surface area contributed by atoms with E-state index in [1.165, 1.54) is 44.2 Å². The number of hydrogen-bond donors (Lipinski definition) is 1. The third-order valence-corrected chi connectivity index (χ3v) is 6.48. The highest BCUT2D eigenvalue weighted by Crippen LogP contribution is 2.32. The summed E-state index contributed by atoms with van der Waals surface area (Å²) >= 11 is 0. The molecule has 0 saturated heterocycles. The van der Waals surface area contributed by atoms with Crippen molar-refractivity contribution in [2.75, 3.05) is 5.32 Å². The Hall–Kier alpha value is -4.62. The van der Waals surface area contributed by atoms with E-state index in [4.69, 9.17) is 0 Å². The Kier molecular flexibility index (Phi) is 5.58. The third kappa shape index (κ3) is 4.45. The fraction of sp³-hybridized carbons (Fsp3) is 0. The average molecular weight is 448 g/mol. The smallest absolute Gasteiger partial charge is 0.0463 e. The molecule has 0 unspecified atom stereocenters. The third-order valence-electron chi connectivity index (χ3n) is 6.48. The van der Waals surface area contributed by atoms with Gasteiger partial charge in [-0.05, 0) is 62.9 Å². The Morgan fingerprint density at radius 3 is 1.63 bits per heavy atom. The van der Waals surface area contributed by atoms with Crippen molar-refractivity contribution in [2.45, 2.75) is 0 Å². The van der Waals surface area contributed by atoms with Gasteiger partial charge in [0.2, 0.25) is 0 Å². The van der Waals surface area contributed by atoms with Crippen LogP contribution < -0.4 is 5.32 Å². The summed E-state index contributed by atoms with van der Waals surface area (Å²) in [6.45, 7) is 0. The lowest BCUT2D eigenvalue weighted by molar-refractivity contribution is 1.52. The molecule has 6 aromatic carbocycles. The van der Waals surface area contributed by atoms with Gasteiger partial charge in [-0.25, -0.2) is 0 Å². The first-order valence-corrected chi connectivity index (χ1v) is 11.9. The molecule has 0 saturated carbocycles. The van der Waals surface area contributed by atoms with Gasteiger partial charge in [-0.15, -0.1) is 0 Å². The molecule has 0 aliphatic heterocycles. The summed E-state index contributed by atoms with van der Waals surface area (Å²) in [6, 6.07) is 51.6. The van der Waals surface area contributed by atoms with Crippen LogP contribution >= 0.6 is 0 Å². The molecule has 0 radical (unpaired) electrons. The fourth-order valence-corrected chi connectivity index (χ4v) is 4.59. The van der Waals surface area contributed by atoms with Gasteiger partial charge in [0.25, 0.3) is 0 Å². The van der Waals surface area contributed by atoms with Crippen LogP contribution in [-0.4, -0.2) is 0 Å². The molecule has 0 bridgehead atoms. The average Bonchev–Trinajstić information content (AvgIpc) is 2.94. The molecule has 0 fully saturated rings. The van der Waals surface area contributed by atoms with E-state index in [1.807, 2.05) is 6.07 Å². The maximum Gasteiger partial charge on any atom is 0.0463 e. The predicted octanol–water partition coefficient (Wildman–Crippen LogP) is 9.58. The van der Waals surface area contributed by atoms with E-state index in [0.717, 1.165) is 11.4 Å². The molecule has 1 N–H and O–H groups in total. The van der Waals surface area contributed by atoms with Gasteiger partial charge in [-0.3, -0.25) is 0 Å². The number of hydrogen-bond acceptors (Lipinski definition) is 1. The molecule has 0 aromatic heterocycles. The summed E-state index contributed by atoms with van der Waals surface area (Å²) in [7, 11) is 0. The molecule has 6 rings (SSSR count). The van der Waals surface area contributed by atoms with Crippen LogP contribution in [0.1, 0.15) is 0 Å². The van der Waals surface area contributed by atoms with E-state index in [1.54, 1.807) is 0 Å². The molecule has 166 valence electrons. The summed E-state index contributed by atoms with van der Waals surface area (Å²) in [4.78, 5) is 0. The van der Waals surface area contributed by atoms with Gasteiger partial charge in [0.05, 0.1) is 0 Å². The lowest BCUT2D eigenvalue weighted by Crippen LogP contribution is -1.93. The minimum absolute atomic E-state index is 1.07. The van der Waals surface area contributed by atoms with Crippen LogP contribution in [0.3, 0.4) is 0 Å². The van der Waals surface area contributed by atoms with Crippen LogP contribution in [0.5, 0.6) is 0 Å². The van der Waals surface area contributed by atoms with Crippen molar-refractivity contribution in [1.82, 2.24) is 0 Å². The van der Waals surface area contributed by atoms with Crippen molar-refractivity contribution in [3.8, 4) is 33.4 Å². The van der Waals surface area contributed by atoms with Crippen molar-refractivity contribution >= 4 is 22.1 Å². The number of anilines is 2. The maximum atomic E-state index is 3.59. The summed E-state index contributed by atoms with van der Waals surface area (Å²) in [5.74, 6) is 0. The Labute approximate surface area is 206 Å². The van der Waals surface area contributed by atoms with Gasteiger partial charge in [-0.1, -0.05) is 121 Å². The van der Waals surface area contributed by atoms with Crippen LogP contribution in [-0.2, 0) is 0 Å². The van der Waals surface area contributed by atoms with E-state index in [9.17, 15) is 0 Å². The second kappa shape index (κ2) is 9.32. The minimum Gasteiger partial charge on any atom is -0.355 e. The normalized spacial score (nSPS) is 10.9. The van der Waals surface area contributed by atoms with Crippen molar-refractivity contribution < 1.29 is 0 Å². The Morgan fingerprint density at radius 2 is 0.886 bits per heavy atom. The largest absolute Gasteiger partial charge is 0.355 e. The van der Waals surface area contributed by atoms with Crippen LogP contribution in [0.4, 0.5) is 11.4 Å². The van der Waals surface area contributed by atoms with Gasteiger partial charge in [-0.2, -0.15) is 0 Å². The van der Waals surface area contributed by atoms with Gasteiger partial charge in [0.15, 0.2) is 0 Å². The highest BCUT2D eigenvalue weighted by Gasteiger charge is 2.06. The standard InChI is InChI=1S/C34H25N/c1-2-9-29(10-3-1)33-12-6-7-13-34(33)35-32-22-20-27(21-23-32)26-14-16-28(17-15-26)31-19-18-25-8-4-5-11-30(25)24-31/h1-24,35H. The van der Waals surface area contributed by atoms with Gasteiger partial charge in [0.1, 0.15) is 0 Å². The molecule has 6 aromatic rings. The quantitative estimate of drug-likeness (QED) is 0.277. The minimum atomic E-state index is 1.07. The molecule has 1 nitrogen and oxygen atoms in total. The highest BCUT2D eigenvalue weighted by molar-refractivity contribution is 5.87. The van der Waals surface area contributed by atoms with E-state index in [-0.39, 0.29) is 0 Å². The van der Waals surface area contributed by atoms with Gasteiger partial charge >= 0.3 is 0 Å². The zero-order valence-electron chi connectivity index (χ0n) is 19.4. The fourth-order valence-electron chi connectivity index (χ4n) is 4.59. The first-order chi connectivity index (χ1) is 17.3. The number of nitrogens with one attached hydrogen (secondary N) is 1.